The number of rotatable bonds is 8. The largest absolute Gasteiger partial charge is 0.457 e. The molecule has 0 fully saturated rings. The Bertz CT molecular complexity index is 803. The van der Waals surface area contributed by atoms with Gasteiger partial charge in [-0.2, -0.15) is 0 Å². The summed E-state index contributed by atoms with van der Waals surface area (Å²) >= 11 is 0. The molecule has 0 aliphatic carbocycles. The molecule has 7 heteroatoms. The van der Waals surface area contributed by atoms with Crippen molar-refractivity contribution in [2.24, 2.45) is 5.73 Å². The number of hydrogen-bond acceptors (Lipinski definition) is 5. The summed E-state index contributed by atoms with van der Waals surface area (Å²) in [6.45, 7) is -0.798. The summed E-state index contributed by atoms with van der Waals surface area (Å²) in [7, 11) is 0. The van der Waals surface area contributed by atoms with E-state index < -0.39 is 24.4 Å². The van der Waals surface area contributed by atoms with Crippen LogP contribution in [0.4, 0.5) is 0 Å². The van der Waals surface area contributed by atoms with Gasteiger partial charge in [0.25, 0.3) is 5.91 Å². The molecule has 134 valence electrons. The van der Waals surface area contributed by atoms with E-state index in [-0.39, 0.29) is 6.54 Å². The van der Waals surface area contributed by atoms with E-state index in [4.69, 9.17) is 15.2 Å². The second-order valence-corrected chi connectivity index (χ2v) is 5.17. The standard InChI is InChI=1S/C19H18N2O5/c20-17(22)12-21-18(23)13-25-19(24)10-9-14-5-4-8-16(11-14)26-15-6-2-1-3-7-15/h1-11H,12-13H2,(H2,20,22)(H,21,23)/b10-9+. The number of esters is 1. The average molecular weight is 354 g/mol. The van der Waals surface area contributed by atoms with Gasteiger partial charge in [0, 0.05) is 6.08 Å². The van der Waals surface area contributed by atoms with Gasteiger partial charge in [-0.1, -0.05) is 30.3 Å². The summed E-state index contributed by atoms with van der Waals surface area (Å²) in [5, 5.41) is 2.21. The van der Waals surface area contributed by atoms with E-state index >= 15 is 0 Å². The van der Waals surface area contributed by atoms with Crippen LogP contribution in [0.25, 0.3) is 6.08 Å². The summed E-state index contributed by atoms with van der Waals surface area (Å²) in [5.41, 5.74) is 5.62. The summed E-state index contributed by atoms with van der Waals surface area (Å²) in [6.07, 6.45) is 2.74. The number of hydrogen-bond donors (Lipinski definition) is 2. The number of carbonyl (C=O) groups is 3. The highest BCUT2D eigenvalue weighted by Crippen LogP contribution is 2.22. The molecule has 0 atom stereocenters. The number of para-hydroxylation sites is 1. The second kappa shape index (κ2) is 9.63. The van der Waals surface area contributed by atoms with Gasteiger partial charge in [0.05, 0.1) is 6.54 Å². The highest BCUT2D eigenvalue weighted by atomic mass is 16.5. The molecular formula is C19H18N2O5. The monoisotopic (exact) mass is 354 g/mol. The van der Waals surface area contributed by atoms with Crippen LogP contribution in [0.2, 0.25) is 0 Å². The molecule has 0 bridgehead atoms. The molecule has 7 nitrogen and oxygen atoms in total. The van der Waals surface area contributed by atoms with Gasteiger partial charge in [0.15, 0.2) is 6.61 Å². The van der Waals surface area contributed by atoms with Crippen molar-refractivity contribution >= 4 is 23.9 Å². The molecule has 3 N–H and O–H groups in total. The Labute approximate surface area is 150 Å². The quantitative estimate of drug-likeness (QED) is 0.553. The van der Waals surface area contributed by atoms with E-state index in [0.717, 1.165) is 5.56 Å². The topological polar surface area (TPSA) is 108 Å². The lowest BCUT2D eigenvalue weighted by molar-refractivity contribution is -0.143. The fourth-order valence-corrected chi connectivity index (χ4v) is 1.89. The van der Waals surface area contributed by atoms with Crippen molar-refractivity contribution in [1.82, 2.24) is 5.32 Å². The number of amides is 2. The van der Waals surface area contributed by atoms with Crippen LogP contribution < -0.4 is 15.8 Å². The van der Waals surface area contributed by atoms with Crippen molar-refractivity contribution in [2.45, 2.75) is 0 Å². The molecule has 0 saturated heterocycles. The van der Waals surface area contributed by atoms with E-state index in [1.54, 1.807) is 30.3 Å². The van der Waals surface area contributed by atoms with Gasteiger partial charge in [-0.25, -0.2) is 4.79 Å². The first kappa shape index (κ1) is 18.7. The van der Waals surface area contributed by atoms with E-state index in [2.05, 4.69) is 5.32 Å². The third-order valence-electron chi connectivity index (χ3n) is 3.05. The molecule has 0 unspecified atom stereocenters. The van der Waals surface area contributed by atoms with E-state index in [9.17, 15) is 14.4 Å². The Balaban J connectivity index is 1.85. The molecule has 0 radical (unpaired) electrons. The predicted molar refractivity (Wildman–Crippen MR) is 95.2 cm³/mol. The molecule has 0 heterocycles. The van der Waals surface area contributed by atoms with Crippen molar-refractivity contribution in [1.29, 1.82) is 0 Å². The zero-order valence-electron chi connectivity index (χ0n) is 13.9. The van der Waals surface area contributed by atoms with Crippen molar-refractivity contribution in [3.8, 4) is 11.5 Å². The summed E-state index contributed by atoms with van der Waals surface area (Å²) < 4.78 is 10.5. The first-order valence-corrected chi connectivity index (χ1v) is 7.76. The van der Waals surface area contributed by atoms with Gasteiger partial charge >= 0.3 is 5.97 Å². The Hall–Kier alpha value is -3.61. The molecular weight excluding hydrogens is 336 g/mol. The van der Waals surface area contributed by atoms with Crippen LogP contribution in [-0.2, 0) is 19.1 Å². The zero-order chi connectivity index (χ0) is 18.8. The van der Waals surface area contributed by atoms with Crippen molar-refractivity contribution in [3.05, 3.63) is 66.2 Å². The number of primary amides is 1. The Morgan fingerprint density at radius 3 is 2.46 bits per heavy atom. The number of carbonyl (C=O) groups excluding carboxylic acids is 3. The highest BCUT2D eigenvalue weighted by Gasteiger charge is 2.05. The van der Waals surface area contributed by atoms with E-state index in [1.807, 2.05) is 30.3 Å². The Morgan fingerprint density at radius 2 is 1.73 bits per heavy atom. The SMILES string of the molecule is NC(=O)CNC(=O)COC(=O)/C=C/c1cccc(Oc2ccccc2)c1. The maximum absolute atomic E-state index is 11.6. The minimum Gasteiger partial charge on any atom is -0.457 e. The number of ether oxygens (including phenoxy) is 2. The van der Waals surface area contributed by atoms with Crippen LogP contribution in [-0.4, -0.2) is 30.9 Å². The average Bonchev–Trinajstić information content (AvgIpc) is 2.64. The zero-order valence-corrected chi connectivity index (χ0v) is 13.9. The molecule has 0 saturated carbocycles. The lowest BCUT2D eigenvalue weighted by Gasteiger charge is -2.06. The Morgan fingerprint density at radius 1 is 1.00 bits per heavy atom. The molecule has 0 aliphatic rings. The first-order valence-electron chi connectivity index (χ1n) is 7.76. The lowest BCUT2D eigenvalue weighted by Crippen LogP contribution is -2.35. The Kier molecular flexibility index (Phi) is 6.93. The second-order valence-electron chi connectivity index (χ2n) is 5.17. The fraction of sp³-hybridized carbons (Fsp3) is 0.105. The highest BCUT2D eigenvalue weighted by molar-refractivity contribution is 5.90. The smallest absolute Gasteiger partial charge is 0.331 e. The van der Waals surface area contributed by atoms with Gasteiger partial charge in [-0.05, 0) is 35.9 Å². The predicted octanol–water partition coefficient (Wildman–Crippen LogP) is 1.64. The van der Waals surface area contributed by atoms with Crippen LogP contribution in [0.1, 0.15) is 5.56 Å². The van der Waals surface area contributed by atoms with Crippen molar-refractivity contribution in [3.63, 3.8) is 0 Å². The number of nitrogens with two attached hydrogens (primary N) is 1. The maximum Gasteiger partial charge on any atom is 0.331 e. The van der Waals surface area contributed by atoms with Crippen molar-refractivity contribution in [2.75, 3.05) is 13.2 Å². The van der Waals surface area contributed by atoms with Crippen LogP contribution in [0, 0.1) is 0 Å². The number of benzene rings is 2. The molecule has 0 aromatic heterocycles. The lowest BCUT2D eigenvalue weighted by atomic mass is 10.2. The van der Waals surface area contributed by atoms with Gasteiger partial charge in [0.2, 0.25) is 5.91 Å². The van der Waals surface area contributed by atoms with Crippen LogP contribution in [0.3, 0.4) is 0 Å². The minimum absolute atomic E-state index is 0.305. The number of nitrogens with one attached hydrogen (secondary N) is 1. The molecule has 0 aliphatic heterocycles. The van der Waals surface area contributed by atoms with E-state index in [1.165, 1.54) is 6.08 Å². The fourth-order valence-electron chi connectivity index (χ4n) is 1.89. The molecule has 2 rings (SSSR count). The van der Waals surface area contributed by atoms with Gasteiger partial charge in [-0.15, -0.1) is 0 Å². The van der Waals surface area contributed by atoms with Gasteiger partial charge < -0.3 is 20.5 Å². The first-order chi connectivity index (χ1) is 12.5. The van der Waals surface area contributed by atoms with E-state index in [0.29, 0.717) is 11.5 Å². The third kappa shape index (κ3) is 6.88. The minimum atomic E-state index is -0.686. The summed E-state index contributed by atoms with van der Waals surface area (Å²) in [6, 6.07) is 16.4. The summed E-state index contributed by atoms with van der Waals surface area (Å²) in [4.78, 5) is 33.5. The molecule has 26 heavy (non-hydrogen) atoms. The van der Waals surface area contributed by atoms with Gasteiger partial charge in [-0.3, -0.25) is 9.59 Å². The van der Waals surface area contributed by atoms with Crippen molar-refractivity contribution < 1.29 is 23.9 Å². The van der Waals surface area contributed by atoms with Gasteiger partial charge in [0.1, 0.15) is 11.5 Å². The maximum atomic E-state index is 11.6. The molecule has 2 aromatic carbocycles. The molecule has 2 aromatic rings. The third-order valence-corrected chi connectivity index (χ3v) is 3.05. The molecule has 0 spiro atoms. The van der Waals surface area contributed by atoms with Crippen LogP contribution >= 0.6 is 0 Å². The normalized spacial score (nSPS) is 10.3. The van der Waals surface area contributed by atoms with Crippen LogP contribution in [0.5, 0.6) is 11.5 Å². The van der Waals surface area contributed by atoms with Crippen LogP contribution in [0.15, 0.2) is 60.7 Å². The molecule has 2 amide bonds. The summed E-state index contributed by atoms with van der Waals surface area (Å²) in [5.74, 6) is -0.646.